The van der Waals surface area contributed by atoms with Crippen molar-refractivity contribution in [1.82, 2.24) is 14.1 Å². The Morgan fingerprint density at radius 2 is 2.32 bits per heavy atom. The maximum absolute atomic E-state index is 11.4. The van der Waals surface area contributed by atoms with Crippen molar-refractivity contribution in [3.8, 4) is 0 Å². The summed E-state index contributed by atoms with van der Waals surface area (Å²) in [5.41, 5.74) is 7.58. The monoisotopic (exact) mass is 390 g/mol. The second-order valence-electron chi connectivity index (χ2n) is 4.57. The zero-order valence-corrected chi connectivity index (χ0v) is 13.7. The van der Waals surface area contributed by atoms with E-state index in [1.807, 2.05) is 41.4 Å². The number of benzene rings is 1. The van der Waals surface area contributed by atoms with Gasteiger partial charge in [0, 0.05) is 35.7 Å². The zero-order valence-electron chi connectivity index (χ0n) is 10.7. The highest BCUT2D eigenvalue weighted by molar-refractivity contribution is 14.2. The number of carbonyl (C=O) groups is 1. The molecule has 0 saturated carbocycles. The van der Waals surface area contributed by atoms with E-state index >= 15 is 0 Å². The fourth-order valence-electron chi connectivity index (χ4n) is 2.00. The van der Waals surface area contributed by atoms with Gasteiger partial charge in [-0.05, 0) is 38.2 Å². The summed E-state index contributed by atoms with van der Waals surface area (Å²) in [7, 11) is 5.25. The van der Waals surface area contributed by atoms with Crippen LogP contribution in [0.5, 0.6) is 0 Å². The summed E-state index contributed by atoms with van der Waals surface area (Å²) in [6, 6.07) is 5.82. The molecule has 1 atom stereocenters. The Bertz CT molecular complexity index is 598. The third-order valence-electron chi connectivity index (χ3n) is 3.05. The second kappa shape index (κ2) is 6.10. The van der Waals surface area contributed by atoms with Crippen LogP contribution < -0.4 is 5.73 Å². The van der Waals surface area contributed by atoms with Gasteiger partial charge >= 0.3 is 0 Å². The summed E-state index contributed by atoms with van der Waals surface area (Å²) in [4.78, 5) is 13.3. The summed E-state index contributed by atoms with van der Waals surface area (Å²) >= 11 is 2.19. The molecule has 0 bridgehead atoms. The van der Waals surface area contributed by atoms with Crippen LogP contribution in [0.4, 0.5) is 0 Å². The molecule has 1 amide bonds. The van der Waals surface area contributed by atoms with Gasteiger partial charge < -0.3 is 5.73 Å². The van der Waals surface area contributed by atoms with Gasteiger partial charge in [-0.25, -0.2) is 0 Å². The first kappa shape index (κ1) is 14.6. The number of amides is 1. The van der Waals surface area contributed by atoms with Gasteiger partial charge in [0.1, 0.15) is 0 Å². The van der Waals surface area contributed by atoms with E-state index in [4.69, 9.17) is 5.73 Å². The first-order chi connectivity index (χ1) is 9.02. The van der Waals surface area contributed by atoms with Crippen molar-refractivity contribution in [3.05, 3.63) is 30.0 Å². The van der Waals surface area contributed by atoms with Gasteiger partial charge in [-0.1, -0.05) is 6.07 Å². The van der Waals surface area contributed by atoms with Crippen LogP contribution in [-0.2, 0) is 11.2 Å². The number of hydrogen-bond donors (Lipinski definition) is 1. The summed E-state index contributed by atoms with van der Waals surface area (Å²) in [5.74, 6) is -0.302. The molecule has 102 valence electrons. The third kappa shape index (κ3) is 3.21. The topological polar surface area (TPSA) is 64.2 Å². The van der Waals surface area contributed by atoms with Gasteiger partial charge in [0.2, 0.25) is 5.91 Å². The Kier molecular flexibility index (Phi) is 4.69. The van der Waals surface area contributed by atoms with E-state index in [-0.39, 0.29) is 11.9 Å². The van der Waals surface area contributed by atoms with E-state index < -0.39 is 0 Å². The van der Waals surface area contributed by atoms with Crippen LogP contribution in [0.3, 0.4) is 0 Å². The van der Waals surface area contributed by atoms with Gasteiger partial charge in [0.25, 0.3) is 0 Å². The lowest BCUT2D eigenvalue weighted by Gasteiger charge is -2.20. The van der Waals surface area contributed by atoms with Crippen molar-refractivity contribution in [2.45, 2.75) is 12.5 Å². The molecule has 0 aliphatic rings. The van der Waals surface area contributed by atoms with Crippen LogP contribution in [-0.4, -0.2) is 40.1 Å². The fourth-order valence-corrected chi connectivity index (χ4v) is 3.27. The lowest BCUT2D eigenvalue weighted by Crippen LogP contribution is -2.41. The lowest BCUT2D eigenvalue weighted by atomic mass is 10.0. The van der Waals surface area contributed by atoms with Gasteiger partial charge in [-0.3, -0.25) is 9.69 Å². The Balaban J connectivity index is 2.28. The minimum absolute atomic E-state index is 0.286. The molecule has 0 spiro atoms. The van der Waals surface area contributed by atoms with E-state index in [0.717, 1.165) is 16.5 Å². The average Bonchev–Trinajstić information content (AvgIpc) is 2.77. The first-order valence-electron chi connectivity index (χ1n) is 5.74. The van der Waals surface area contributed by atoms with Crippen molar-refractivity contribution in [3.63, 3.8) is 0 Å². The van der Waals surface area contributed by atoms with E-state index in [1.54, 1.807) is 0 Å². The van der Waals surface area contributed by atoms with Gasteiger partial charge in [-0.2, -0.15) is 9.19 Å². The molecule has 0 fully saturated rings. The summed E-state index contributed by atoms with van der Waals surface area (Å²) in [5, 5.41) is 5.35. The van der Waals surface area contributed by atoms with E-state index in [0.29, 0.717) is 6.42 Å². The summed E-state index contributed by atoms with van der Waals surface area (Å²) < 4.78 is 1.86. The first-order valence-corrected chi connectivity index (χ1v) is 9.06. The Labute approximate surface area is 128 Å². The number of primary amides is 1. The SMILES string of the molecule is CN(C)C(Cc1ccc2c(cnn2SI)c1)C(N)=O. The van der Waals surface area contributed by atoms with Crippen LogP contribution in [0.1, 0.15) is 5.56 Å². The highest BCUT2D eigenvalue weighted by Crippen LogP contribution is 2.24. The molecule has 19 heavy (non-hydrogen) atoms. The maximum Gasteiger partial charge on any atom is 0.235 e. The Hall–Kier alpha value is -0.800. The van der Waals surface area contributed by atoms with Gasteiger partial charge in [0.15, 0.2) is 0 Å². The molecule has 0 saturated heterocycles. The maximum atomic E-state index is 11.4. The van der Waals surface area contributed by atoms with E-state index in [2.05, 4.69) is 32.4 Å². The number of aromatic nitrogens is 2. The molecule has 5 nitrogen and oxygen atoms in total. The summed E-state index contributed by atoms with van der Waals surface area (Å²) in [6.45, 7) is 0. The number of likely N-dealkylation sites (N-methyl/N-ethyl adjacent to an activating group) is 1. The Morgan fingerprint density at radius 3 is 2.89 bits per heavy atom. The molecular formula is C12H15IN4OS. The molecule has 1 aromatic heterocycles. The van der Waals surface area contributed by atoms with Crippen molar-refractivity contribution < 1.29 is 4.79 Å². The average molecular weight is 390 g/mol. The molecule has 0 aliphatic heterocycles. The number of nitrogens with zero attached hydrogens (tertiary/aromatic N) is 3. The van der Waals surface area contributed by atoms with E-state index in [1.165, 1.54) is 9.12 Å². The molecule has 2 aromatic rings. The predicted octanol–water partition coefficient (Wildman–Crippen LogP) is 1.84. The van der Waals surface area contributed by atoms with E-state index in [9.17, 15) is 4.79 Å². The van der Waals surface area contributed by atoms with Crippen LogP contribution in [0.2, 0.25) is 0 Å². The van der Waals surface area contributed by atoms with Crippen LogP contribution in [0.25, 0.3) is 10.9 Å². The zero-order chi connectivity index (χ0) is 14.0. The second-order valence-corrected chi connectivity index (χ2v) is 6.23. The van der Waals surface area contributed by atoms with Crippen molar-refractivity contribution in [2.24, 2.45) is 5.73 Å². The number of rotatable bonds is 5. The van der Waals surface area contributed by atoms with Crippen molar-refractivity contribution >= 4 is 47.1 Å². The largest absolute Gasteiger partial charge is 0.368 e. The van der Waals surface area contributed by atoms with Gasteiger partial charge in [-0.15, -0.1) is 0 Å². The molecular weight excluding hydrogens is 375 g/mol. The van der Waals surface area contributed by atoms with Crippen molar-refractivity contribution in [2.75, 3.05) is 14.1 Å². The minimum atomic E-state index is -0.302. The molecule has 7 heteroatoms. The number of nitrogens with two attached hydrogens (primary N) is 1. The molecule has 1 unspecified atom stereocenters. The smallest absolute Gasteiger partial charge is 0.235 e. The van der Waals surface area contributed by atoms with Gasteiger partial charge in [0.05, 0.1) is 17.8 Å². The molecule has 0 aliphatic carbocycles. The fraction of sp³-hybridized carbons (Fsp3) is 0.333. The highest BCUT2D eigenvalue weighted by Gasteiger charge is 2.18. The normalized spacial score (nSPS) is 13.1. The molecule has 2 N–H and O–H groups in total. The number of halogens is 1. The van der Waals surface area contributed by atoms with Crippen LogP contribution in [0, 0.1) is 0 Å². The molecule has 0 radical (unpaired) electrons. The quantitative estimate of drug-likeness (QED) is 0.792. The van der Waals surface area contributed by atoms with Crippen molar-refractivity contribution in [1.29, 1.82) is 0 Å². The molecule has 1 heterocycles. The number of carbonyl (C=O) groups excluding carboxylic acids is 1. The standard InChI is InChI=1S/C12H15IN4OS/c1-16(2)11(12(14)18)6-8-3-4-10-9(5-8)7-15-17(10)19-13/h3-5,7,11H,6H2,1-2H3,(H2,14,18). The van der Waals surface area contributed by atoms with Crippen LogP contribution in [0.15, 0.2) is 24.4 Å². The third-order valence-corrected chi connectivity index (χ3v) is 4.59. The molecule has 1 aromatic carbocycles. The number of hydrogen-bond acceptors (Lipinski definition) is 4. The Morgan fingerprint density at radius 1 is 1.58 bits per heavy atom. The lowest BCUT2D eigenvalue weighted by molar-refractivity contribution is -0.122. The highest BCUT2D eigenvalue weighted by atomic mass is 127. The molecule has 2 rings (SSSR count). The predicted molar refractivity (Wildman–Crippen MR) is 87.1 cm³/mol. The summed E-state index contributed by atoms with van der Waals surface area (Å²) in [6.07, 6.45) is 2.44. The minimum Gasteiger partial charge on any atom is -0.368 e. The van der Waals surface area contributed by atoms with Crippen LogP contribution >= 0.6 is 30.3 Å². The number of fused-ring (bicyclic) bond motifs is 1.